The van der Waals surface area contributed by atoms with E-state index in [1.54, 1.807) is 27.7 Å². The van der Waals surface area contributed by atoms with Crippen LogP contribution in [-0.4, -0.2) is 46.2 Å². The minimum Gasteiger partial charge on any atom is -0.330 e. The summed E-state index contributed by atoms with van der Waals surface area (Å²) in [7, 11) is 0. The molecular formula is C30H29BrClN7O2. The van der Waals surface area contributed by atoms with E-state index < -0.39 is 0 Å². The number of carbonyl (C=O) groups excluding carboxylic acids is 1. The monoisotopic (exact) mass is 633 g/mol. The standard InChI is InChI=1S/C30H29BrClN7O2/c1-16(2)11-21-14-33-39-26-15-37(29(40)20-7-10-24(31)25(32)13-20)17(3)12-23(26)30(41)38(28(21)39)22-8-5-19(6-9-22)27-34-18(4)35-36-27/h5-10,13-14,16-17H,11-12,15H2,1-4H3,(H,34,35,36). The molecule has 3 aromatic heterocycles. The van der Waals surface area contributed by atoms with Gasteiger partial charge in [0.1, 0.15) is 11.5 Å². The van der Waals surface area contributed by atoms with E-state index in [1.165, 1.54) is 0 Å². The Balaban J connectivity index is 1.48. The van der Waals surface area contributed by atoms with Gasteiger partial charge in [-0.3, -0.25) is 19.3 Å². The summed E-state index contributed by atoms with van der Waals surface area (Å²) in [6.45, 7) is 8.37. The molecule has 6 rings (SSSR count). The number of carbonyl (C=O) groups is 1. The summed E-state index contributed by atoms with van der Waals surface area (Å²) in [5.74, 6) is 1.56. The van der Waals surface area contributed by atoms with Crippen molar-refractivity contribution >= 4 is 39.1 Å². The topological polar surface area (TPSA) is 101 Å². The van der Waals surface area contributed by atoms with Gasteiger partial charge in [0.05, 0.1) is 29.1 Å². The van der Waals surface area contributed by atoms with E-state index in [0.29, 0.717) is 34.3 Å². The van der Waals surface area contributed by atoms with Crippen LogP contribution in [0, 0.1) is 12.8 Å². The van der Waals surface area contributed by atoms with Gasteiger partial charge in [0.15, 0.2) is 5.82 Å². The second kappa shape index (κ2) is 10.6. The Morgan fingerprint density at radius 2 is 1.95 bits per heavy atom. The fourth-order valence-electron chi connectivity index (χ4n) is 5.51. The molecule has 1 aliphatic rings. The van der Waals surface area contributed by atoms with E-state index >= 15 is 0 Å². The molecule has 1 N–H and O–H groups in total. The molecule has 1 aliphatic heterocycles. The molecule has 0 bridgehead atoms. The van der Waals surface area contributed by atoms with Crippen LogP contribution in [0.2, 0.25) is 5.02 Å². The number of hydrogen-bond acceptors (Lipinski definition) is 5. The second-order valence-corrected chi connectivity index (χ2v) is 12.2. The van der Waals surface area contributed by atoms with Gasteiger partial charge in [-0.25, -0.2) is 9.50 Å². The van der Waals surface area contributed by atoms with Crippen LogP contribution in [0.4, 0.5) is 0 Å². The number of fused-ring (bicyclic) bond motifs is 3. The number of aromatic nitrogens is 6. The number of aryl methyl sites for hydroxylation is 1. The summed E-state index contributed by atoms with van der Waals surface area (Å²) in [4.78, 5) is 34.1. The number of aromatic amines is 1. The van der Waals surface area contributed by atoms with Crippen molar-refractivity contribution in [1.82, 2.24) is 34.3 Å². The molecule has 5 aromatic rings. The maximum atomic E-state index is 14.3. The first-order valence-corrected chi connectivity index (χ1v) is 14.7. The van der Waals surface area contributed by atoms with Gasteiger partial charge in [-0.05, 0) is 91.0 Å². The quantitative estimate of drug-likeness (QED) is 0.264. The van der Waals surface area contributed by atoms with E-state index in [-0.39, 0.29) is 24.1 Å². The van der Waals surface area contributed by atoms with Crippen LogP contribution in [0.15, 0.2) is 57.9 Å². The summed E-state index contributed by atoms with van der Waals surface area (Å²) in [6, 6.07) is 12.7. The Kier molecular flexibility index (Phi) is 7.07. The number of amides is 1. The molecule has 2 aromatic carbocycles. The van der Waals surface area contributed by atoms with E-state index in [4.69, 9.17) is 16.7 Å². The molecule has 0 fully saturated rings. The molecule has 9 nitrogen and oxygen atoms in total. The second-order valence-electron chi connectivity index (χ2n) is 11.0. The van der Waals surface area contributed by atoms with Gasteiger partial charge in [-0.15, -0.1) is 0 Å². The molecule has 4 heterocycles. The van der Waals surface area contributed by atoms with Crippen LogP contribution in [0.3, 0.4) is 0 Å². The minimum atomic E-state index is -0.196. The maximum Gasteiger partial charge on any atom is 0.261 e. The van der Waals surface area contributed by atoms with Gasteiger partial charge in [-0.1, -0.05) is 25.4 Å². The van der Waals surface area contributed by atoms with Crippen molar-refractivity contribution in [2.24, 2.45) is 5.92 Å². The Hall–Kier alpha value is -3.76. The zero-order valence-electron chi connectivity index (χ0n) is 23.2. The molecule has 1 atom stereocenters. The molecule has 1 amide bonds. The number of H-pyrrole nitrogens is 1. The minimum absolute atomic E-state index is 0.0925. The van der Waals surface area contributed by atoms with Crippen LogP contribution < -0.4 is 5.56 Å². The molecular weight excluding hydrogens is 606 g/mol. The van der Waals surface area contributed by atoms with E-state index in [9.17, 15) is 9.59 Å². The molecule has 210 valence electrons. The molecule has 0 saturated heterocycles. The Morgan fingerprint density at radius 3 is 2.61 bits per heavy atom. The normalized spacial score (nSPS) is 15.1. The predicted molar refractivity (Wildman–Crippen MR) is 162 cm³/mol. The lowest BCUT2D eigenvalue weighted by atomic mass is 9.98. The number of benzene rings is 2. The Bertz CT molecular complexity index is 1860. The molecule has 11 heteroatoms. The van der Waals surface area contributed by atoms with Crippen LogP contribution in [0.5, 0.6) is 0 Å². The third-order valence-corrected chi connectivity index (χ3v) is 8.71. The van der Waals surface area contributed by atoms with Crippen LogP contribution in [0.25, 0.3) is 22.7 Å². The van der Waals surface area contributed by atoms with Crippen molar-refractivity contribution < 1.29 is 4.79 Å². The maximum absolute atomic E-state index is 14.3. The number of nitrogens with zero attached hydrogens (tertiary/aromatic N) is 6. The Morgan fingerprint density at radius 1 is 1.20 bits per heavy atom. The van der Waals surface area contributed by atoms with Crippen LogP contribution in [0.1, 0.15) is 53.8 Å². The highest BCUT2D eigenvalue weighted by atomic mass is 79.9. The van der Waals surface area contributed by atoms with Crippen molar-refractivity contribution in [3.63, 3.8) is 0 Å². The highest BCUT2D eigenvalue weighted by Gasteiger charge is 2.33. The lowest BCUT2D eigenvalue weighted by Crippen LogP contribution is -2.46. The number of halogens is 2. The first-order valence-electron chi connectivity index (χ1n) is 13.5. The fourth-order valence-corrected chi connectivity index (χ4v) is 5.93. The summed E-state index contributed by atoms with van der Waals surface area (Å²) >= 11 is 9.69. The summed E-state index contributed by atoms with van der Waals surface area (Å²) in [5, 5.41) is 12.4. The summed E-state index contributed by atoms with van der Waals surface area (Å²) < 4.78 is 4.34. The van der Waals surface area contributed by atoms with Crippen molar-refractivity contribution in [3.05, 3.63) is 96.7 Å². The van der Waals surface area contributed by atoms with Gasteiger partial charge in [0.2, 0.25) is 0 Å². The highest BCUT2D eigenvalue weighted by molar-refractivity contribution is 9.10. The van der Waals surface area contributed by atoms with Gasteiger partial charge >= 0.3 is 0 Å². The van der Waals surface area contributed by atoms with Crippen molar-refractivity contribution in [3.8, 4) is 17.1 Å². The number of nitrogens with one attached hydrogen (secondary N) is 1. The molecule has 1 unspecified atom stereocenters. The molecule has 41 heavy (non-hydrogen) atoms. The third-order valence-electron chi connectivity index (χ3n) is 7.48. The lowest BCUT2D eigenvalue weighted by Gasteiger charge is -2.35. The van der Waals surface area contributed by atoms with E-state index in [2.05, 4.69) is 45.0 Å². The predicted octanol–water partition coefficient (Wildman–Crippen LogP) is 5.78. The summed E-state index contributed by atoms with van der Waals surface area (Å²) in [5.41, 5.74) is 5.09. The molecule has 0 aliphatic carbocycles. The first kappa shape index (κ1) is 27.4. The molecule has 0 saturated carbocycles. The fraction of sp³-hybridized carbons (Fsp3) is 0.300. The van der Waals surface area contributed by atoms with Crippen LogP contribution in [-0.2, 0) is 19.4 Å². The van der Waals surface area contributed by atoms with Gasteiger partial charge in [0.25, 0.3) is 11.5 Å². The SMILES string of the molecule is Cc1nc(-c2ccc(-n3c(=O)c4c(n5ncc(CC(C)C)c35)CN(C(=O)c3ccc(Br)c(Cl)c3)C(C)C4)cc2)n[nH]1. The van der Waals surface area contributed by atoms with Gasteiger partial charge in [0, 0.05) is 32.8 Å². The molecule has 0 radical (unpaired) electrons. The summed E-state index contributed by atoms with van der Waals surface area (Å²) in [6.07, 6.45) is 3.01. The lowest BCUT2D eigenvalue weighted by molar-refractivity contribution is 0.0651. The highest BCUT2D eigenvalue weighted by Crippen LogP contribution is 2.29. The zero-order chi connectivity index (χ0) is 29.0. The van der Waals surface area contributed by atoms with Gasteiger partial charge < -0.3 is 4.90 Å². The zero-order valence-corrected chi connectivity index (χ0v) is 25.5. The van der Waals surface area contributed by atoms with Gasteiger partial charge in [-0.2, -0.15) is 10.2 Å². The third kappa shape index (κ3) is 4.89. The van der Waals surface area contributed by atoms with Crippen molar-refractivity contribution in [1.29, 1.82) is 0 Å². The first-order chi connectivity index (χ1) is 19.6. The number of hydrogen-bond donors (Lipinski definition) is 1. The smallest absolute Gasteiger partial charge is 0.261 e. The van der Waals surface area contributed by atoms with Crippen molar-refractivity contribution in [2.75, 3.05) is 0 Å². The van der Waals surface area contributed by atoms with Crippen molar-refractivity contribution in [2.45, 2.75) is 53.1 Å². The van der Waals surface area contributed by atoms with E-state index in [1.807, 2.05) is 48.8 Å². The average molecular weight is 635 g/mol. The molecule has 0 spiro atoms. The average Bonchev–Trinajstić information content (AvgIpc) is 3.56. The van der Waals surface area contributed by atoms with E-state index in [0.717, 1.165) is 44.9 Å². The van der Waals surface area contributed by atoms with Crippen LogP contribution >= 0.6 is 27.5 Å². The largest absolute Gasteiger partial charge is 0.330 e. The number of rotatable bonds is 5. The Labute approximate surface area is 250 Å².